The van der Waals surface area contributed by atoms with Gasteiger partial charge in [-0.2, -0.15) is 0 Å². The first kappa shape index (κ1) is 18.7. The topological polar surface area (TPSA) is 69.6 Å². The molecule has 1 saturated heterocycles. The third-order valence-electron chi connectivity index (χ3n) is 5.17. The smallest absolute Gasteiger partial charge is 0.311 e. The quantitative estimate of drug-likeness (QED) is 0.847. The van der Waals surface area contributed by atoms with Gasteiger partial charge < -0.3 is 10.4 Å². The number of carbonyl (C=O) groups excluding carboxylic acids is 1. The van der Waals surface area contributed by atoms with Crippen molar-refractivity contribution in [2.75, 3.05) is 19.6 Å². The largest absolute Gasteiger partial charge is 0.481 e. The molecule has 1 aliphatic heterocycles. The lowest BCUT2D eigenvalue weighted by molar-refractivity contribution is -0.149. The third-order valence-corrected chi connectivity index (χ3v) is 5.17. The van der Waals surface area contributed by atoms with Crippen LogP contribution >= 0.6 is 12.4 Å². The highest BCUT2D eigenvalue weighted by atomic mass is 35.5. The summed E-state index contributed by atoms with van der Waals surface area (Å²) in [5.41, 5.74) is -0.229. The summed E-state index contributed by atoms with van der Waals surface area (Å²) in [6.07, 6.45) is 2.56. The fraction of sp³-hybridized carbons (Fsp3) is 0.529. The zero-order chi connectivity index (χ0) is 16.4. The lowest BCUT2D eigenvalue weighted by Crippen LogP contribution is -2.39. The van der Waals surface area contributed by atoms with Gasteiger partial charge in [0.1, 0.15) is 5.82 Å². The van der Waals surface area contributed by atoms with Gasteiger partial charge >= 0.3 is 5.97 Å². The molecule has 0 spiro atoms. The number of fused-ring (bicyclic) bond motifs is 1. The highest BCUT2D eigenvalue weighted by Crippen LogP contribution is 2.48. The molecule has 132 valence electrons. The number of hydrogen-bond acceptors (Lipinski definition) is 3. The lowest BCUT2D eigenvalue weighted by Gasteiger charge is -2.23. The van der Waals surface area contributed by atoms with Crippen molar-refractivity contribution in [3.8, 4) is 0 Å². The molecule has 7 heteroatoms. The van der Waals surface area contributed by atoms with Crippen LogP contribution in [0.5, 0.6) is 0 Å². The molecule has 1 aromatic rings. The van der Waals surface area contributed by atoms with Crippen molar-refractivity contribution in [2.24, 2.45) is 11.3 Å². The van der Waals surface area contributed by atoms with Crippen LogP contribution in [0.2, 0.25) is 0 Å². The number of aliphatic carboxylic acids is 1. The number of rotatable bonds is 5. The molecule has 1 aromatic carbocycles. The fourth-order valence-corrected chi connectivity index (χ4v) is 3.96. The molecule has 2 N–H and O–H groups in total. The number of benzene rings is 1. The molecule has 2 atom stereocenters. The van der Waals surface area contributed by atoms with Crippen molar-refractivity contribution in [3.05, 3.63) is 35.6 Å². The summed E-state index contributed by atoms with van der Waals surface area (Å²) in [4.78, 5) is 25.6. The molecule has 1 heterocycles. The van der Waals surface area contributed by atoms with Gasteiger partial charge in [-0.15, -0.1) is 12.4 Å². The van der Waals surface area contributed by atoms with Gasteiger partial charge in [0.05, 0.1) is 12.0 Å². The van der Waals surface area contributed by atoms with Crippen molar-refractivity contribution in [3.63, 3.8) is 0 Å². The Morgan fingerprint density at radius 3 is 2.79 bits per heavy atom. The van der Waals surface area contributed by atoms with E-state index in [0.717, 1.165) is 12.8 Å². The highest BCUT2D eigenvalue weighted by molar-refractivity contribution is 5.85. The number of carboxylic acids is 1. The van der Waals surface area contributed by atoms with Crippen LogP contribution in [0.1, 0.15) is 24.8 Å². The van der Waals surface area contributed by atoms with E-state index in [1.807, 2.05) is 4.90 Å². The van der Waals surface area contributed by atoms with Crippen LogP contribution in [0, 0.1) is 17.2 Å². The average Bonchev–Trinajstić information content (AvgIpc) is 3.04. The number of amides is 1. The van der Waals surface area contributed by atoms with Gasteiger partial charge in [-0.3, -0.25) is 14.5 Å². The van der Waals surface area contributed by atoms with E-state index < -0.39 is 11.4 Å². The second kappa shape index (κ2) is 7.49. The van der Waals surface area contributed by atoms with Crippen molar-refractivity contribution >= 4 is 24.3 Å². The Hall–Kier alpha value is -1.66. The summed E-state index contributed by atoms with van der Waals surface area (Å²) >= 11 is 0. The van der Waals surface area contributed by atoms with E-state index in [9.17, 15) is 19.1 Å². The van der Waals surface area contributed by atoms with E-state index in [1.54, 1.807) is 18.2 Å². The molecular formula is C17H22ClFN2O3. The fourth-order valence-electron chi connectivity index (χ4n) is 3.96. The van der Waals surface area contributed by atoms with Crippen LogP contribution < -0.4 is 5.32 Å². The first-order valence-corrected chi connectivity index (χ1v) is 7.97. The van der Waals surface area contributed by atoms with E-state index in [0.29, 0.717) is 25.1 Å². The average molecular weight is 357 g/mol. The number of nitrogens with zero attached hydrogens (tertiary/aromatic N) is 1. The van der Waals surface area contributed by atoms with Gasteiger partial charge in [0.25, 0.3) is 0 Å². The number of halogens is 2. The number of likely N-dealkylation sites (tertiary alicyclic amines) is 1. The highest BCUT2D eigenvalue weighted by Gasteiger charge is 2.54. The predicted molar refractivity (Wildman–Crippen MR) is 89.3 cm³/mol. The zero-order valence-corrected chi connectivity index (χ0v) is 14.2. The van der Waals surface area contributed by atoms with E-state index >= 15 is 0 Å². The summed E-state index contributed by atoms with van der Waals surface area (Å²) in [6.45, 7) is 1.40. The molecule has 2 fully saturated rings. The maximum absolute atomic E-state index is 13.5. The Kier molecular flexibility index (Phi) is 5.83. The summed E-state index contributed by atoms with van der Waals surface area (Å²) in [5, 5.41) is 12.2. The Labute approximate surface area is 146 Å². The minimum atomic E-state index is -0.741. The van der Waals surface area contributed by atoms with Gasteiger partial charge in [-0.05, 0) is 24.8 Å². The van der Waals surface area contributed by atoms with E-state index in [-0.39, 0.29) is 43.1 Å². The van der Waals surface area contributed by atoms with Gasteiger partial charge in [0, 0.05) is 25.2 Å². The molecule has 3 rings (SSSR count). The SMILES string of the molecule is Cl.O=C(CN1C[C@@H]2CCC[C@@]2(C(=O)O)C1)NCc1ccccc1F. The molecular weight excluding hydrogens is 335 g/mol. The molecule has 0 unspecified atom stereocenters. The number of nitrogens with one attached hydrogen (secondary N) is 1. The number of carbonyl (C=O) groups is 2. The zero-order valence-electron chi connectivity index (χ0n) is 13.3. The van der Waals surface area contributed by atoms with Crippen LogP contribution in [0.25, 0.3) is 0 Å². The lowest BCUT2D eigenvalue weighted by atomic mass is 9.81. The second-order valence-electron chi connectivity index (χ2n) is 6.59. The van der Waals surface area contributed by atoms with Crippen LogP contribution in [-0.4, -0.2) is 41.5 Å². The number of hydrogen-bond donors (Lipinski definition) is 2. The molecule has 1 saturated carbocycles. The Morgan fingerprint density at radius 1 is 1.38 bits per heavy atom. The van der Waals surface area contributed by atoms with Gasteiger partial charge in [0.2, 0.25) is 5.91 Å². The predicted octanol–water partition coefficient (Wildman–Crippen LogP) is 2.05. The van der Waals surface area contributed by atoms with Crippen molar-refractivity contribution < 1.29 is 19.1 Å². The van der Waals surface area contributed by atoms with Crippen molar-refractivity contribution in [1.29, 1.82) is 0 Å². The summed E-state index contributed by atoms with van der Waals surface area (Å²) < 4.78 is 13.5. The molecule has 1 amide bonds. The molecule has 0 bridgehead atoms. The molecule has 1 aliphatic carbocycles. The van der Waals surface area contributed by atoms with E-state index in [1.165, 1.54) is 6.07 Å². The van der Waals surface area contributed by atoms with Gasteiger partial charge in [-0.25, -0.2) is 4.39 Å². The van der Waals surface area contributed by atoms with Crippen molar-refractivity contribution in [2.45, 2.75) is 25.8 Å². The van der Waals surface area contributed by atoms with Crippen LogP contribution in [0.4, 0.5) is 4.39 Å². The first-order valence-electron chi connectivity index (χ1n) is 7.97. The minimum Gasteiger partial charge on any atom is -0.481 e. The number of carboxylic acid groups (broad SMARTS) is 1. The third kappa shape index (κ3) is 3.54. The van der Waals surface area contributed by atoms with Crippen LogP contribution in [0.15, 0.2) is 24.3 Å². The summed E-state index contributed by atoms with van der Waals surface area (Å²) in [5.74, 6) is -1.14. The summed E-state index contributed by atoms with van der Waals surface area (Å²) in [7, 11) is 0. The Morgan fingerprint density at radius 2 is 2.12 bits per heavy atom. The molecule has 0 radical (unpaired) electrons. The molecule has 5 nitrogen and oxygen atoms in total. The Balaban J connectivity index is 0.00000208. The maximum Gasteiger partial charge on any atom is 0.311 e. The van der Waals surface area contributed by atoms with E-state index in [4.69, 9.17) is 0 Å². The van der Waals surface area contributed by atoms with Gasteiger partial charge in [-0.1, -0.05) is 24.6 Å². The Bertz CT molecular complexity index is 628. The van der Waals surface area contributed by atoms with Crippen LogP contribution in [-0.2, 0) is 16.1 Å². The summed E-state index contributed by atoms with van der Waals surface area (Å²) in [6, 6.07) is 6.33. The monoisotopic (exact) mass is 356 g/mol. The van der Waals surface area contributed by atoms with E-state index in [2.05, 4.69) is 5.32 Å². The second-order valence-corrected chi connectivity index (χ2v) is 6.59. The molecule has 0 aromatic heterocycles. The standard InChI is InChI=1S/C17H21FN2O3.ClH/c18-14-6-2-1-4-12(14)8-19-15(21)10-20-9-13-5-3-7-17(13,11-20)16(22)23;/h1-2,4,6,13H,3,5,7-11H2,(H,19,21)(H,22,23);1H/t13-,17+;/m0./s1. The minimum absolute atomic E-state index is 0. The molecule has 24 heavy (non-hydrogen) atoms. The first-order chi connectivity index (χ1) is 11.0. The van der Waals surface area contributed by atoms with Gasteiger partial charge in [0.15, 0.2) is 0 Å². The van der Waals surface area contributed by atoms with Crippen LogP contribution in [0.3, 0.4) is 0 Å². The normalized spacial score (nSPS) is 25.8. The van der Waals surface area contributed by atoms with Crippen molar-refractivity contribution in [1.82, 2.24) is 10.2 Å². The molecule has 2 aliphatic rings. The maximum atomic E-state index is 13.5.